The summed E-state index contributed by atoms with van der Waals surface area (Å²) >= 11 is 6.00. The SMILES string of the molecule is O=C(c1ccccc1)c1cc(Cl)nn(Cc2ccccc2)c1=O. The molecule has 3 rings (SSSR count). The monoisotopic (exact) mass is 324 g/mol. The second-order valence-electron chi connectivity index (χ2n) is 5.02. The molecule has 1 heterocycles. The second-order valence-corrected chi connectivity index (χ2v) is 5.41. The second kappa shape index (κ2) is 6.58. The van der Waals surface area contributed by atoms with Gasteiger partial charge >= 0.3 is 0 Å². The van der Waals surface area contributed by atoms with Crippen LogP contribution in [0.3, 0.4) is 0 Å². The van der Waals surface area contributed by atoms with E-state index in [1.165, 1.54) is 10.7 Å². The Morgan fingerprint density at radius 2 is 1.61 bits per heavy atom. The van der Waals surface area contributed by atoms with Crippen molar-refractivity contribution in [1.29, 1.82) is 0 Å². The molecule has 23 heavy (non-hydrogen) atoms. The van der Waals surface area contributed by atoms with Gasteiger partial charge in [0.25, 0.3) is 5.56 Å². The predicted octanol–water partition coefficient (Wildman–Crippen LogP) is 3.18. The molecule has 0 amide bonds. The third kappa shape index (κ3) is 3.38. The molecule has 0 aliphatic rings. The first-order valence-electron chi connectivity index (χ1n) is 7.06. The summed E-state index contributed by atoms with van der Waals surface area (Å²) in [6.45, 7) is 0.259. The number of hydrogen-bond donors (Lipinski definition) is 0. The van der Waals surface area contributed by atoms with Crippen LogP contribution in [-0.2, 0) is 6.54 Å². The van der Waals surface area contributed by atoms with Crippen LogP contribution in [0.25, 0.3) is 0 Å². The average molecular weight is 325 g/mol. The number of carbonyl (C=O) groups excluding carboxylic acids is 1. The molecule has 0 saturated carbocycles. The first-order chi connectivity index (χ1) is 11.1. The normalized spacial score (nSPS) is 10.5. The van der Waals surface area contributed by atoms with E-state index in [2.05, 4.69) is 5.10 Å². The summed E-state index contributed by atoms with van der Waals surface area (Å²) in [5.41, 5.74) is 0.917. The minimum absolute atomic E-state index is 0.0205. The van der Waals surface area contributed by atoms with Gasteiger partial charge in [-0.05, 0) is 11.6 Å². The molecule has 0 fully saturated rings. The smallest absolute Gasteiger partial charge is 0.278 e. The molecule has 5 heteroatoms. The fourth-order valence-electron chi connectivity index (χ4n) is 2.28. The van der Waals surface area contributed by atoms with Gasteiger partial charge in [0.2, 0.25) is 0 Å². The summed E-state index contributed by atoms with van der Waals surface area (Å²) in [7, 11) is 0. The van der Waals surface area contributed by atoms with E-state index in [0.717, 1.165) is 5.56 Å². The molecule has 0 N–H and O–H groups in total. The Labute approximate surface area is 138 Å². The number of hydrogen-bond acceptors (Lipinski definition) is 3. The highest BCUT2D eigenvalue weighted by molar-refractivity contribution is 6.29. The number of nitrogens with zero attached hydrogens (tertiary/aromatic N) is 2. The van der Waals surface area contributed by atoms with E-state index in [1.54, 1.807) is 24.3 Å². The van der Waals surface area contributed by atoms with Crippen LogP contribution in [-0.4, -0.2) is 15.6 Å². The van der Waals surface area contributed by atoms with Gasteiger partial charge in [0.1, 0.15) is 0 Å². The summed E-state index contributed by atoms with van der Waals surface area (Å²) in [6.07, 6.45) is 0. The molecule has 0 spiro atoms. The van der Waals surface area contributed by atoms with Crippen molar-refractivity contribution in [2.45, 2.75) is 6.54 Å². The lowest BCUT2D eigenvalue weighted by Crippen LogP contribution is -2.29. The van der Waals surface area contributed by atoms with Crippen molar-refractivity contribution in [3.63, 3.8) is 0 Å². The largest absolute Gasteiger partial charge is 0.288 e. The van der Waals surface area contributed by atoms with Crippen LogP contribution in [0.5, 0.6) is 0 Å². The first kappa shape index (κ1) is 15.2. The maximum absolute atomic E-state index is 12.6. The van der Waals surface area contributed by atoms with E-state index in [1.807, 2.05) is 36.4 Å². The van der Waals surface area contributed by atoms with Crippen molar-refractivity contribution >= 4 is 17.4 Å². The molecule has 0 radical (unpaired) electrons. The molecule has 3 aromatic rings. The summed E-state index contributed by atoms with van der Waals surface area (Å²) in [4.78, 5) is 25.1. The molecular weight excluding hydrogens is 312 g/mol. The lowest BCUT2D eigenvalue weighted by atomic mass is 10.1. The van der Waals surface area contributed by atoms with Crippen molar-refractivity contribution in [3.05, 3.63) is 98.9 Å². The van der Waals surface area contributed by atoms with Crippen LogP contribution in [0.4, 0.5) is 0 Å². The van der Waals surface area contributed by atoms with E-state index >= 15 is 0 Å². The van der Waals surface area contributed by atoms with E-state index in [-0.39, 0.29) is 23.0 Å². The van der Waals surface area contributed by atoms with Gasteiger partial charge in [0, 0.05) is 5.56 Å². The molecule has 0 aliphatic carbocycles. The predicted molar refractivity (Wildman–Crippen MR) is 88.9 cm³/mol. The van der Waals surface area contributed by atoms with E-state index in [9.17, 15) is 9.59 Å². The third-order valence-electron chi connectivity index (χ3n) is 3.40. The molecular formula is C18H13ClN2O2. The molecule has 0 atom stereocenters. The number of ketones is 1. The number of rotatable bonds is 4. The molecule has 4 nitrogen and oxygen atoms in total. The quantitative estimate of drug-likeness (QED) is 0.693. The Bertz CT molecular complexity index is 890. The lowest BCUT2D eigenvalue weighted by Gasteiger charge is -2.08. The van der Waals surface area contributed by atoms with Gasteiger partial charge in [0.15, 0.2) is 10.9 Å². The Morgan fingerprint density at radius 3 is 2.26 bits per heavy atom. The molecule has 1 aromatic heterocycles. The van der Waals surface area contributed by atoms with Gasteiger partial charge < -0.3 is 0 Å². The van der Waals surface area contributed by atoms with Gasteiger partial charge in [0.05, 0.1) is 12.1 Å². The fraction of sp³-hybridized carbons (Fsp3) is 0.0556. The summed E-state index contributed by atoms with van der Waals surface area (Å²) in [5.74, 6) is -0.360. The van der Waals surface area contributed by atoms with Crippen LogP contribution in [0.1, 0.15) is 21.5 Å². The van der Waals surface area contributed by atoms with Gasteiger partial charge in [-0.15, -0.1) is 0 Å². The van der Waals surface area contributed by atoms with Gasteiger partial charge in [-0.25, -0.2) is 4.68 Å². The van der Waals surface area contributed by atoms with E-state index in [4.69, 9.17) is 11.6 Å². The summed E-state index contributed by atoms with van der Waals surface area (Å²) in [6, 6.07) is 19.4. The van der Waals surface area contributed by atoms with Gasteiger partial charge in [-0.2, -0.15) is 5.10 Å². The highest BCUT2D eigenvalue weighted by Crippen LogP contribution is 2.10. The van der Waals surface area contributed by atoms with E-state index in [0.29, 0.717) is 5.56 Å². The van der Waals surface area contributed by atoms with Crippen LogP contribution >= 0.6 is 11.6 Å². The minimum Gasteiger partial charge on any atom is -0.288 e. The van der Waals surface area contributed by atoms with Gasteiger partial charge in [-0.1, -0.05) is 72.3 Å². The zero-order valence-corrected chi connectivity index (χ0v) is 12.9. The van der Waals surface area contributed by atoms with Crippen LogP contribution in [0.15, 0.2) is 71.5 Å². The highest BCUT2D eigenvalue weighted by Gasteiger charge is 2.16. The van der Waals surface area contributed by atoms with Crippen molar-refractivity contribution in [2.24, 2.45) is 0 Å². The maximum Gasteiger partial charge on any atom is 0.278 e. The first-order valence-corrected chi connectivity index (χ1v) is 7.44. The number of carbonyl (C=O) groups is 1. The van der Waals surface area contributed by atoms with Gasteiger partial charge in [-0.3, -0.25) is 9.59 Å². The average Bonchev–Trinajstić information content (AvgIpc) is 2.59. The van der Waals surface area contributed by atoms with Crippen molar-refractivity contribution in [1.82, 2.24) is 9.78 Å². The third-order valence-corrected chi connectivity index (χ3v) is 3.58. The molecule has 0 saturated heterocycles. The number of aromatic nitrogens is 2. The molecule has 114 valence electrons. The van der Waals surface area contributed by atoms with Crippen molar-refractivity contribution < 1.29 is 4.79 Å². The van der Waals surface area contributed by atoms with E-state index < -0.39 is 5.56 Å². The van der Waals surface area contributed by atoms with Crippen molar-refractivity contribution in [3.8, 4) is 0 Å². The molecule has 0 unspecified atom stereocenters. The molecule has 0 bridgehead atoms. The summed E-state index contributed by atoms with van der Waals surface area (Å²) < 4.78 is 1.22. The Kier molecular flexibility index (Phi) is 4.35. The lowest BCUT2D eigenvalue weighted by molar-refractivity contribution is 0.103. The topological polar surface area (TPSA) is 52.0 Å². The zero-order chi connectivity index (χ0) is 16.2. The molecule has 2 aromatic carbocycles. The fourth-order valence-corrected chi connectivity index (χ4v) is 2.48. The van der Waals surface area contributed by atoms with Crippen LogP contribution in [0.2, 0.25) is 5.15 Å². The maximum atomic E-state index is 12.6. The Balaban J connectivity index is 2.03. The zero-order valence-electron chi connectivity index (χ0n) is 12.1. The molecule has 0 aliphatic heterocycles. The highest BCUT2D eigenvalue weighted by atomic mass is 35.5. The number of halogens is 1. The van der Waals surface area contributed by atoms with Crippen molar-refractivity contribution in [2.75, 3.05) is 0 Å². The summed E-state index contributed by atoms with van der Waals surface area (Å²) in [5, 5.41) is 4.13. The minimum atomic E-state index is -0.452. The van der Waals surface area contributed by atoms with Crippen LogP contribution < -0.4 is 5.56 Å². The number of benzene rings is 2. The Morgan fingerprint density at radius 1 is 1.00 bits per heavy atom. The van der Waals surface area contributed by atoms with Crippen LogP contribution in [0, 0.1) is 0 Å². The standard InChI is InChI=1S/C18H13ClN2O2/c19-16-11-15(17(22)14-9-5-2-6-10-14)18(23)21(20-16)12-13-7-3-1-4-8-13/h1-11H,12H2. The Hall–Kier alpha value is -2.72.